The lowest BCUT2D eigenvalue weighted by atomic mass is 9.97. The van der Waals surface area contributed by atoms with Gasteiger partial charge in [-0.1, -0.05) is 25.9 Å². The van der Waals surface area contributed by atoms with Gasteiger partial charge in [0.2, 0.25) is 5.89 Å². The van der Waals surface area contributed by atoms with Gasteiger partial charge in [0.25, 0.3) is 0 Å². The molecule has 0 amide bonds. The Hall–Kier alpha value is -1.62. The maximum absolute atomic E-state index is 10.6. The molecule has 0 spiro atoms. The predicted octanol–water partition coefficient (Wildman–Crippen LogP) is 2.85. The highest BCUT2D eigenvalue weighted by Crippen LogP contribution is 2.22. The molecule has 0 fully saturated rings. The fourth-order valence-corrected chi connectivity index (χ4v) is 2.18. The van der Waals surface area contributed by atoms with Crippen LogP contribution in [0.2, 0.25) is 0 Å². The molecule has 3 N–H and O–H groups in total. The quantitative estimate of drug-likeness (QED) is 0.324. The van der Waals surface area contributed by atoms with Crippen LogP contribution in [0.1, 0.15) is 57.9 Å². The smallest absolute Gasteiger partial charge is 0.232 e. The molecule has 2 aromatic heterocycles. The van der Waals surface area contributed by atoms with Gasteiger partial charge in [0.05, 0.1) is 6.54 Å². The largest absolute Gasteiger partial charge is 0.463 e. The van der Waals surface area contributed by atoms with Gasteiger partial charge in [-0.15, -0.1) is 24.0 Å². The zero-order valence-electron chi connectivity index (χ0n) is 16.8. The Morgan fingerprint density at radius 3 is 2.44 bits per heavy atom. The summed E-state index contributed by atoms with van der Waals surface area (Å²) in [7, 11) is 0. The summed E-state index contributed by atoms with van der Waals surface area (Å²) in [4.78, 5) is 8.82. The maximum atomic E-state index is 10.6. The van der Waals surface area contributed by atoms with Crippen LogP contribution in [0.3, 0.4) is 0 Å². The highest BCUT2D eigenvalue weighted by molar-refractivity contribution is 14.0. The molecule has 0 aromatic carbocycles. The SMILES string of the molecule is CCNC(=NCc1noc(C(C)(C)C)n1)NCC(C)(O)c1ccc(C)o1.I. The third kappa shape index (κ3) is 6.80. The molecule has 2 rings (SSSR count). The summed E-state index contributed by atoms with van der Waals surface area (Å²) >= 11 is 0. The average Bonchev–Trinajstić information content (AvgIpc) is 3.19. The van der Waals surface area contributed by atoms with E-state index in [1.54, 1.807) is 13.0 Å². The van der Waals surface area contributed by atoms with Crippen LogP contribution >= 0.6 is 24.0 Å². The van der Waals surface area contributed by atoms with Crippen LogP contribution in [0, 0.1) is 6.92 Å². The number of hydrogen-bond donors (Lipinski definition) is 3. The lowest BCUT2D eigenvalue weighted by molar-refractivity contribution is 0.0378. The Bertz CT molecular complexity index is 746. The first-order valence-electron chi connectivity index (χ1n) is 8.76. The van der Waals surface area contributed by atoms with E-state index in [0.717, 1.165) is 5.76 Å². The van der Waals surface area contributed by atoms with Crippen molar-refractivity contribution in [3.63, 3.8) is 0 Å². The van der Waals surface area contributed by atoms with E-state index >= 15 is 0 Å². The number of hydrogen-bond acceptors (Lipinski definition) is 6. The molecule has 2 heterocycles. The number of nitrogens with one attached hydrogen (secondary N) is 2. The van der Waals surface area contributed by atoms with Crippen LogP contribution in [0.15, 0.2) is 26.1 Å². The average molecular weight is 491 g/mol. The zero-order valence-corrected chi connectivity index (χ0v) is 19.1. The van der Waals surface area contributed by atoms with Gasteiger partial charge in [0.1, 0.15) is 23.7 Å². The van der Waals surface area contributed by atoms with E-state index in [9.17, 15) is 5.11 Å². The molecule has 0 aliphatic rings. The van der Waals surface area contributed by atoms with E-state index in [1.807, 2.05) is 40.7 Å². The molecule has 0 saturated heterocycles. The summed E-state index contributed by atoms with van der Waals surface area (Å²) in [6.45, 7) is 12.7. The van der Waals surface area contributed by atoms with Crippen molar-refractivity contribution >= 4 is 29.9 Å². The molecule has 2 aromatic rings. The Labute approximate surface area is 177 Å². The van der Waals surface area contributed by atoms with E-state index < -0.39 is 5.60 Å². The van der Waals surface area contributed by atoms with Gasteiger partial charge in [-0.2, -0.15) is 4.98 Å². The van der Waals surface area contributed by atoms with Gasteiger partial charge >= 0.3 is 0 Å². The van der Waals surface area contributed by atoms with Crippen molar-refractivity contribution in [1.29, 1.82) is 0 Å². The van der Waals surface area contributed by atoms with Crippen molar-refractivity contribution in [2.24, 2.45) is 4.99 Å². The number of guanidine groups is 1. The van der Waals surface area contributed by atoms with E-state index in [1.165, 1.54) is 0 Å². The van der Waals surface area contributed by atoms with Gasteiger partial charge in [0, 0.05) is 12.0 Å². The van der Waals surface area contributed by atoms with Gasteiger partial charge < -0.3 is 24.7 Å². The molecule has 1 atom stereocenters. The molecule has 0 bridgehead atoms. The monoisotopic (exact) mass is 491 g/mol. The Kier molecular flexibility index (Phi) is 8.27. The molecule has 9 heteroatoms. The van der Waals surface area contributed by atoms with Crippen molar-refractivity contribution in [3.8, 4) is 0 Å². The lowest BCUT2D eigenvalue weighted by Gasteiger charge is -2.22. The van der Waals surface area contributed by atoms with Crippen LogP contribution in [-0.2, 0) is 17.6 Å². The topological polar surface area (TPSA) is 109 Å². The number of nitrogens with zero attached hydrogens (tertiary/aromatic N) is 3. The maximum Gasteiger partial charge on any atom is 0.232 e. The van der Waals surface area contributed by atoms with Crippen LogP contribution in [0.5, 0.6) is 0 Å². The van der Waals surface area contributed by atoms with Crippen LogP contribution < -0.4 is 10.6 Å². The number of aliphatic imine (C=N–C) groups is 1. The molecule has 1 unspecified atom stereocenters. The predicted molar refractivity (Wildman–Crippen MR) is 114 cm³/mol. The molecule has 0 radical (unpaired) electrons. The van der Waals surface area contributed by atoms with Crippen molar-refractivity contribution < 1.29 is 14.0 Å². The third-order valence-corrected chi connectivity index (χ3v) is 3.70. The standard InChI is InChI=1S/C18H29N5O3.HI/c1-7-19-16(20-10-14-22-15(26-23-14)17(3,4)5)21-11-18(6,24)13-9-8-12(2)25-13;/h8-9,24H,7,10-11H2,1-6H3,(H2,19,20,21);1H. The Morgan fingerprint density at radius 1 is 1.22 bits per heavy atom. The summed E-state index contributed by atoms with van der Waals surface area (Å²) < 4.78 is 10.8. The van der Waals surface area contributed by atoms with Gasteiger partial charge in [-0.25, -0.2) is 4.99 Å². The fraction of sp³-hybridized carbons (Fsp3) is 0.611. The van der Waals surface area contributed by atoms with Gasteiger partial charge in [-0.3, -0.25) is 0 Å². The highest BCUT2D eigenvalue weighted by atomic mass is 127. The molecule has 0 saturated carbocycles. The molecule has 8 nitrogen and oxygen atoms in total. The normalized spacial score (nSPS) is 14.4. The van der Waals surface area contributed by atoms with Crippen molar-refractivity contribution in [1.82, 2.24) is 20.8 Å². The minimum Gasteiger partial charge on any atom is -0.463 e. The van der Waals surface area contributed by atoms with E-state index in [0.29, 0.717) is 30.0 Å². The Morgan fingerprint density at radius 2 is 1.93 bits per heavy atom. The number of halogens is 1. The molecular weight excluding hydrogens is 461 g/mol. The first-order chi connectivity index (χ1) is 12.1. The number of rotatable bonds is 6. The van der Waals surface area contributed by atoms with E-state index in [-0.39, 0.29) is 42.5 Å². The van der Waals surface area contributed by atoms with Crippen LogP contribution in [-0.4, -0.2) is 34.3 Å². The molecule has 27 heavy (non-hydrogen) atoms. The fourth-order valence-electron chi connectivity index (χ4n) is 2.18. The summed E-state index contributed by atoms with van der Waals surface area (Å²) in [5.74, 6) is 2.91. The van der Waals surface area contributed by atoms with Gasteiger partial charge in [-0.05, 0) is 32.9 Å². The number of furan rings is 1. The van der Waals surface area contributed by atoms with Gasteiger partial charge in [0.15, 0.2) is 11.8 Å². The minimum atomic E-state index is -1.16. The lowest BCUT2D eigenvalue weighted by Crippen LogP contribution is -2.44. The first-order valence-corrected chi connectivity index (χ1v) is 8.76. The number of aliphatic hydroxyl groups is 1. The van der Waals surface area contributed by atoms with Crippen molar-refractivity contribution in [3.05, 3.63) is 35.4 Å². The van der Waals surface area contributed by atoms with Crippen LogP contribution in [0.25, 0.3) is 0 Å². The number of aryl methyl sites for hydroxylation is 1. The molecule has 152 valence electrons. The molecule has 0 aliphatic heterocycles. The van der Waals surface area contributed by atoms with E-state index in [2.05, 4.69) is 25.8 Å². The zero-order chi connectivity index (χ0) is 19.4. The Balaban J connectivity index is 0.00000364. The minimum absolute atomic E-state index is 0. The van der Waals surface area contributed by atoms with Crippen molar-refractivity contribution in [2.45, 2.75) is 59.1 Å². The second-order valence-corrected chi connectivity index (χ2v) is 7.50. The second-order valence-electron chi connectivity index (χ2n) is 7.50. The van der Waals surface area contributed by atoms with Crippen LogP contribution in [0.4, 0.5) is 0 Å². The third-order valence-electron chi connectivity index (χ3n) is 3.70. The molecular formula is C18H30IN5O3. The molecule has 0 aliphatic carbocycles. The summed E-state index contributed by atoms with van der Waals surface area (Å²) in [6, 6.07) is 3.60. The summed E-state index contributed by atoms with van der Waals surface area (Å²) in [5, 5.41) is 20.8. The second kappa shape index (κ2) is 9.54. The summed E-state index contributed by atoms with van der Waals surface area (Å²) in [5.41, 5.74) is -1.35. The van der Waals surface area contributed by atoms with E-state index in [4.69, 9.17) is 8.94 Å². The highest BCUT2D eigenvalue weighted by Gasteiger charge is 2.27. The summed E-state index contributed by atoms with van der Waals surface area (Å²) in [6.07, 6.45) is 0. The number of aromatic nitrogens is 2. The first kappa shape index (κ1) is 23.4. The van der Waals surface area contributed by atoms with Crippen molar-refractivity contribution in [2.75, 3.05) is 13.1 Å².